The van der Waals surface area contributed by atoms with Crippen LogP contribution in [0.5, 0.6) is 0 Å². The molecule has 82 valence electrons. The highest BCUT2D eigenvalue weighted by Crippen LogP contribution is 2.25. The fraction of sp³-hybridized carbons (Fsp3) is 0.857. The van der Waals surface area contributed by atoms with E-state index in [0.717, 1.165) is 0 Å². The van der Waals surface area contributed by atoms with Crippen LogP contribution in [0.3, 0.4) is 0 Å². The second kappa shape index (κ2) is 3.74. The zero-order valence-corrected chi connectivity index (χ0v) is 7.16. The van der Waals surface area contributed by atoms with Gasteiger partial charge in [0.15, 0.2) is 0 Å². The van der Waals surface area contributed by atoms with Crippen molar-refractivity contribution in [1.29, 1.82) is 0 Å². The summed E-state index contributed by atoms with van der Waals surface area (Å²) in [7, 11) is 0. The number of hydrogen-bond donors (Lipinski definition) is 2. The van der Waals surface area contributed by atoms with Crippen molar-refractivity contribution in [2.24, 2.45) is 0 Å². The van der Waals surface area contributed by atoms with Crippen molar-refractivity contribution in [3.05, 3.63) is 0 Å². The number of carbonyl (C=O) groups excluding carboxylic acids is 1. The molecule has 0 saturated carbocycles. The second-order valence-electron chi connectivity index (χ2n) is 3.18. The lowest BCUT2D eigenvalue weighted by atomic mass is 10.2. The fourth-order valence-corrected chi connectivity index (χ4v) is 1.48. The summed E-state index contributed by atoms with van der Waals surface area (Å²) < 4.78 is 35.9. The number of nitrogens with zero attached hydrogens (tertiary/aromatic N) is 1. The van der Waals surface area contributed by atoms with Gasteiger partial charge in [0, 0.05) is 6.54 Å². The number of aliphatic hydroxyl groups excluding tert-OH is 2. The van der Waals surface area contributed by atoms with E-state index in [-0.39, 0.29) is 13.0 Å². The van der Waals surface area contributed by atoms with Gasteiger partial charge >= 0.3 is 12.1 Å². The maximum Gasteiger partial charge on any atom is 0.471 e. The van der Waals surface area contributed by atoms with E-state index in [1.165, 1.54) is 0 Å². The van der Waals surface area contributed by atoms with E-state index in [9.17, 15) is 18.0 Å². The summed E-state index contributed by atoms with van der Waals surface area (Å²) in [5, 5.41) is 17.7. The fourth-order valence-electron chi connectivity index (χ4n) is 1.48. The van der Waals surface area contributed by atoms with Crippen LogP contribution in [0, 0.1) is 0 Å². The van der Waals surface area contributed by atoms with Crippen LogP contribution in [0.2, 0.25) is 0 Å². The van der Waals surface area contributed by atoms with Crippen molar-refractivity contribution in [3.63, 3.8) is 0 Å². The van der Waals surface area contributed by atoms with E-state index in [2.05, 4.69) is 0 Å². The minimum absolute atomic E-state index is 0.0156. The van der Waals surface area contributed by atoms with E-state index in [1.54, 1.807) is 0 Å². The number of alkyl halides is 3. The first-order chi connectivity index (χ1) is 6.36. The predicted molar refractivity (Wildman–Crippen MR) is 39.3 cm³/mol. The molecule has 0 aromatic rings. The van der Waals surface area contributed by atoms with Gasteiger partial charge in [-0.05, 0) is 6.42 Å². The van der Waals surface area contributed by atoms with Gasteiger partial charge in [0.25, 0.3) is 0 Å². The molecule has 0 radical (unpaired) electrons. The van der Waals surface area contributed by atoms with Gasteiger partial charge in [0.2, 0.25) is 0 Å². The molecular weight excluding hydrogens is 203 g/mol. The van der Waals surface area contributed by atoms with Crippen molar-refractivity contribution in [3.8, 4) is 0 Å². The Bertz CT molecular complexity index is 231. The summed E-state index contributed by atoms with van der Waals surface area (Å²) in [5.41, 5.74) is 0. The van der Waals surface area contributed by atoms with Gasteiger partial charge < -0.3 is 15.1 Å². The summed E-state index contributed by atoms with van der Waals surface area (Å²) in [5.74, 6) is -2.01. The normalized spacial score (nSPS) is 28.2. The molecule has 1 unspecified atom stereocenters. The molecule has 0 aliphatic carbocycles. The zero-order chi connectivity index (χ0) is 10.9. The molecule has 0 bridgehead atoms. The Morgan fingerprint density at radius 3 is 2.50 bits per heavy atom. The van der Waals surface area contributed by atoms with Gasteiger partial charge in [-0.25, -0.2) is 0 Å². The van der Waals surface area contributed by atoms with Gasteiger partial charge in [-0.15, -0.1) is 0 Å². The number of amides is 1. The monoisotopic (exact) mass is 213 g/mol. The Kier molecular flexibility index (Phi) is 3.01. The molecule has 1 aliphatic heterocycles. The molecular formula is C7H10F3NO3. The molecule has 0 aromatic carbocycles. The second-order valence-corrected chi connectivity index (χ2v) is 3.18. The molecule has 2 N–H and O–H groups in total. The molecule has 4 nitrogen and oxygen atoms in total. The predicted octanol–water partition coefficient (Wildman–Crippen LogP) is -0.497. The van der Waals surface area contributed by atoms with Crippen LogP contribution in [0.25, 0.3) is 0 Å². The number of aliphatic hydroxyl groups is 2. The molecule has 1 fully saturated rings. The lowest BCUT2D eigenvalue weighted by molar-refractivity contribution is -0.187. The van der Waals surface area contributed by atoms with Gasteiger partial charge in [-0.1, -0.05) is 0 Å². The molecule has 7 heteroatoms. The quantitative estimate of drug-likeness (QED) is 0.617. The van der Waals surface area contributed by atoms with Crippen LogP contribution < -0.4 is 0 Å². The standard InChI is InChI=1S/C7H10F3NO3/c8-7(9,10)6(14)11-2-5(13)1-4(11)3-12/h4-5,12-13H,1-3H2/t4?,5-/m1/s1. The van der Waals surface area contributed by atoms with Crippen LogP contribution in [0.15, 0.2) is 0 Å². The van der Waals surface area contributed by atoms with Crippen molar-refractivity contribution in [1.82, 2.24) is 4.90 Å². The number of halogens is 3. The van der Waals surface area contributed by atoms with Gasteiger partial charge in [-0.3, -0.25) is 4.79 Å². The van der Waals surface area contributed by atoms with E-state index >= 15 is 0 Å². The summed E-state index contributed by atoms with van der Waals surface area (Å²) in [6.07, 6.45) is -5.95. The first kappa shape index (κ1) is 11.3. The average Bonchev–Trinajstić information content (AvgIpc) is 2.43. The lowest BCUT2D eigenvalue weighted by Crippen LogP contribution is -2.45. The molecule has 1 rings (SSSR count). The number of rotatable bonds is 1. The summed E-state index contributed by atoms with van der Waals surface area (Å²) in [4.78, 5) is 11.2. The summed E-state index contributed by atoms with van der Waals surface area (Å²) in [6.45, 7) is -0.942. The van der Waals surface area contributed by atoms with Crippen LogP contribution in [-0.2, 0) is 4.79 Å². The van der Waals surface area contributed by atoms with E-state index in [0.29, 0.717) is 4.90 Å². The minimum Gasteiger partial charge on any atom is -0.394 e. The van der Waals surface area contributed by atoms with Gasteiger partial charge in [0.05, 0.1) is 18.8 Å². The number of likely N-dealkylation sites (tertiary alicyclic amines) is 1. The topological polar surface area (TPSA) is 60.8 Å². The molecule has 2 atom stereocenters. The number of carbonyl (C=O) groups is 1. The molecule has 1 saturated heterocycles. The third kappa shape index (κ3) is 2.16. The summed E-state index contributed by atoms with van der Waals surface area (Å²) in [6, 6.07) is -0.931. The third-order valence-corrected chi connectivity index (χ3v) is 2.11. The molecule has 1 amide bonds. The molecule has 1 heterocycles. The Morgan fingerprint density at radius 2 is 2.07 bits per heavy atom. The highest BCUT2D eigenvalue weighted by molar-refractivity contribution is 5.82. The highest BCUT2D eigenvalue weighted by Gasteiger charge is 2.47. The number of β-amino-alcohol motifs (C(OH)–C–C–N with tert-alkyl or cyclic N) is 1. The van der Waals surface area contributed by atoms with E-state index < -0.39 is 30.8 Å². The van der Waals surface area contributed by atoms with Crippen molar-refractivity contribution >= 4 is 5.91 Å². The van der Waals surface area contributed by atoms with E-state index in [4.69, 9.17) is 10.2 Å². The molecule has 1 aliphatic rings. The largest absolute Gasteiger partial charge is 0.471 e. The van der Waals surface area contributed by atoms with E-state index in [1.807, 2.05) is 0 Å². The number of hydrogen-bond acceptors (Lipinski definition) is 3. The van der Waals surface area contributed by atoms with Gasteiger partial charge in [-0.2, -0.15) is 13.2 Å². The van der Waals surface area contributed by atoms with Crippen LogP contribution >= 0.6 is 0 Å². The smallest absolute Gasteiger partial charge is 0.394 e. The van der Waals surface area contributed by atoms with Gasteiger partial charge in [0.1, 0.15) is 0 Å². The minimum atomic E-state index is -4.95. The van der Waals surface area contributed by atoms with Crippen LogP contribution in [-0.4, -0.2) is 52.5 Å². The molecule has 14 heavy (non-hydrogen) atoms. The zero-order valence-electron chi connectivity index (χ0n) is 7.16. The van der Waals surface area contributed by atoms with Crippen molar-refractivity contribution in [2.45, 2.75) is 24.7 Å². The lowest BCUT2D eigenvalue weighted by Gasteiger charge is -2.23. The Hall–Kier alpha value is -0.820. The maximum absolute atomic E-state index is 12.0. The molecule has 0 aromatic heterocycles. The highest BCUT2D eigenvalue weighted by atomic mass is 19.4. The first-order valence-electron chi connectivity index (χ1n) is 4.03. The van der Waals surface area contributed by atoms with Crippen LogP contribution in [0.1, 0.15) is 6.42 Å². The van der Waals surface area contributed by atoms with Crippen LogP contribution in [0.4, 0.5) is 13.2 Å². The Morgan fingerprint density at radius 1 is 1.50 bits per heavy atom. The summed E-state index contributed by atoms with van der Waals surface area (Å²) >= 11 is 0. The molecule has 0 spiro atoms. The maximum atomic E-state index is 12.0. The third-order valence-electron chi connectivity index (χ3n) is 2.11. The average molecular weight is 213 g/mol. The Balaban J connectivity index is 2.72. The Labute approximate surface area is 77.9 Å². The van der Waals surface area contributed by atoms with Crippen molar-refractivity contribution < 1.29 is 28.2 Å². The first-order valence-corrected chi connectivity index (χ1v) is 4.03. The SMILES string of the molecule is O=C(N1C[C@H](O)CC1CO)C(F)(F)F. The van der Waals surface area contributed by atoms with Crippen molar-refractivity contribution in [2.75, 3.05) is 13.2 Å².